The van der Waals surface area contributed by atoms with Crippen LogP contribution in [-0.2, 0) is 6.42 Å². The van der Waals surface area contributed by atoms with Crippen LogP contribution in [0, 0.1) is 0 Å². The van der Waals surface area contributed by atoms with Crippen LogP contribution in [0.1, 0.15) is 52.6 Å². The van der Waals surface area contributed by atoms with E-state index in [9.17, 15) is 29.4 Å². The summed E-state index contributed by atoms with van der Waals surface area (Å²) in [5.74, 6) is -5.15. The maximum absolute atomic E-state index is 11.3. The predicted octanol–water partition coefficient (Wildman–Crippen LogP) is 2.07. The summed E-state index contributed by atoms with van der Waals surface area (Å²) >= 11 is 0. The first-order valence-corrected chi connectivity index (χ1v) is 6.89. The van der Waals surface area contributed by atoms with E-state index in [1.54, 1.807) is 0 Å². The lowest BCUT2D eigenvalue weighted by Crippen LogP contribution is -2.10. The first kappa shape index (κ1) is 17.7. The van der Waals surface area contributed by atoms with E-state index in [0.29, 0.717) is 0 Å². The summed E-state index contributed by atoms with van der Waals surface area (Å²) in [7, 11) is 0. The number of rotatable bonds is 6. The maximum Gasteiger partial charge on any atom is 0.335 e. The van der Waals surface area contributed by atoms with Crippen molar-refractivity contribution < 1.29 is 39.6 Å². The third kappa shape index (κ3) is 3.81. The second kappa shape index (κ2) is 6.83. The normalized spacial score (nSPS) is 10.2. The van der Waals surface area contributed by atoms with Gasteiger partial charge in [0.1, 0.15) is 0 Å². The van der Waals surface area contributed by atoms with Gasteiger partial charge >= 0.3 is 23.9 Å². The second-order valence-corrected chi connectivity index (χ2v) is 5.14. The van der Waals surface area contributed by atoms with Crippen LogP contribution in [0.4, 0.5) is 0 Å². The van der Waals surface area contributed by atoms with Crippen molar-refractivity contribution in [3.63, 3.8) is 0 Å². The third-order valence-corrected chi connectivity index (χ3v) is 3.55. The Bertz CT molecular complexity index is 824. The number of aromatic carboxylic acids is 4. The minimum absolute atomic E-state index is 0.0671. The Morgan fingerprint density at radius 1 is 0.600 bits per heavy atom. The Morgan fingerprint density at radius 3 is 1.24 bits per heavy atom. The van der Waals surface area contributed by atoms with Crippen molar-refractivity contribution in [1.29, 1.82) is 0 Å². The lowest BCUT2D eigenvalue weighted by atomic mass is 9.93. The van der Waals surface area contributed by atoms with E-state index < -0.39 is 23.9 Å². The van der Waals surface area contributed by atoms with Gasteiger partial charge in [0, 0.05) is 0 Å². The van der Waals surface area contributed by atoms with Gasteiger partial charge in [0.2, 0.25) is 0 Å². The average Bonchev–Trinajstić information content (AvgIpc) is 2.54. The third-order valence-electron chi connectivity index (χ3n) is 3.55. The van der Waals surface area contributed by atoms with Gasteiger partial charge in [-0.2, -0.15) is 0 Å². The lowest BCUT2D eigenvalue weighted by Gasteiger charge is -2.11. The molecule has 8 nitrogen and oxygen atoms in total. The lowest BCUT2D eigenvalue weighted by molar-refractivity contribution is 0.0679. The molecule has 0 heterocycles. The van der Waals surface area contributed by atoms with E-state index in [2.05, 4.69) is 0 Å². The molecule has 0 saturated heterocycles. The first-order valence-electron chi connectivity index (χ1n) is 6.89. The molecule has 0 fully saturated rings. The van der Waals surface area contributed by atoms with Crippen molar-refractivity contribution in [3.8, 4) is 0 Å². The van der Waals surface area contributed by atoms with Crippen LogP contribution in [0.25, 0.3) is 0 Å². The van der Waals surface area contributed by atoms with Gasteiger partial charge in [0.05, 0.1) is 22.3 Å². The van der Waals surface area contributed by atoms with Crippen LogP contribution in [-0.4, -0.2) is 44.3 Å². The van der Waals surface area contributed by atoms with E-state index >= 15 is 0 Å². The van der Waals surface area contributed by atoms with Crippen molar-refractivity contribution in [2.45, 2.75) is 6.42 Å². The van der Waals surface area contributed by atoms with Gasteiger partial charge in [-0.3, -0.25) is 0 Å². The minimum Gasteiger partial charge on any atom is -0.478 e. The molecule has 2 aromatic carbocycles. The second-order valence-electron chi connectivity index (χ2n) is 5.14. The molecule has 0 atom stereocenters. The Labute approximate surface area is 140 Å². The van der Waals surface area contributed by atoms with Crippen LogP contribution in [0.5, 0.6) is 0 Å². The fourth-order valence-corrected chi connectivity index (χ4v) is 2.37. The molecule has 0 aliphatic rings. The molecule has 2 aromatic rings. The molecule has 0 amide bonds. The van der Waals surface area contributed by atoms with Crippen molar-refractivity contribution in [2.75, 3.05) is 0 Å². The van der Waals surface area contributed by atoms with Gasteiger partial charge in [-0.15, -0.1) is 0 Å². The van der Waals surface area contributed by atoms with E-state index in [1.165, 1.54) is 0 Å². The molecule has 8 heteroatoms. The monoisotopic (exact) mass is 344 g/mol. The van der Waals surface area contributed by atoms with Gasteiger partial charge < -0.3 is 20.4 Å². The highest BCUT2D eigenvalue weighted by Gasteiger charge is 2.18. The zero-order valence-corrected chi connectivity index (χ0v) is 12.6. The molecule has 4 N–H and O–H groups in total. The quantitative estimate of drug-likeness (QED) is 0.622. The summed E-state index contributed by atoms with van der Waals surface area (Å²) in [6, 6.07) is 6.74. The molecule has 0 bridgehead atoms. The van der Waals surface area contributed by atoms with Crippen molar-refractivity contribution in [2.24, 2.45) is 0 Å². The van der Waals surface area contributed by atoms with Gasteiger partial charge in [-0.1, -0.05) is 0 Å². The van der Waals surface area contributed by atoms with Crippen LogP contribution in [0.15, 0.2) is 36.4 Å². The summed E-state index contributed by atoms with van der Waals surface area (Å²) in [4.78, 5) is 44.8. The molecular formula is C17H12O8. The fraction of sp³-hybridized carbons (Fsp3) is 0.0588. The molecule has 0 aliphatic heterocycles. The highest BCUT2D eigenvalue weighted by molar-refractivity contribution is 5.95. The summed E-state index contributed by atoms with van der Waals surface area (Å²) in [5, 5.41) is 36.6. The minimum atomic E-state index is -1.31. The van der Waals surface area contributed by atoms with Crippen LogP contribution in [0.2, 0.25) is 0 Å². The zero-order chi connectivity index (χ0) is 18.7. The van der Waals surface area contributed by atoms with E-state index in [1.807, 2.05) is 0 Å². The topological polar surface area (TPSA) is 149 Å². The molecule has 0 aliphatic carbocycles. The van der Waals surface area contributed by atoms with Gasteiger partial charge in [0.15, 0.2) is 0 Å². The van der Waals surface area contributed by atoms with Crippen molar-refractivity contribution in [1.82, 2.24) is 0 Å². The summed E-state index contributed by atoms with van der Waals surface area (Å²) in [6.45, 7) is 0. The Balaban J connectivity index is 2.61. The molecule has 0 aromatic heterocycles. The Kier molecular flexibility index (Phi) is 4.83. The molecule has 25 heavy (non-hydrogen) atoms. The molecule has 0 radical (unpaired) electrons. The Hall–Kier alpha value is -3.68. The first-order chi connectivity index (χ1) is 11.7. The maximum atomic E-state index is 11.3. The number of hydrogen-bond acceptors (Lipinski definition) is 4. The summed E-state index contributed by atoms with van der Waals surface area (Å²) in [6.07, 6.45) is -0.245. The SMILES string of the molecule is O=C(O)c1ccc(C(=O)O)c(Cc2cc(C(=O)O)ccc2C(=O)O)c1. The summed E-state index contributed by atoms with van der Waals surface area (Å²) < 4.78 is 0. The zero-order valence-electron chi connectivity index (χ0n) is 12.6. The van der Waals surface area contributed by atoms with Crippen LogP contribution < -0.4 is 0 Å². The Morgan fingerprint density at radius 2 is 0.960 bits per heavy atom. The molecule has 0 unspecified atom stereocenters. The van der Waals surface area contributed by atoms with Gasteiger partial charge in [-0.25, -0.2) is 19.2 Å². The van der Waals surface area contributed by atoms with Crippen molar-refractivity contribution in [3.05, 3.63) is 69.8 Å². The summed E-state index contributed by atoms with van der Waals surface area (Å²) in [5.41, 5.74) is -0.573. The largest absolute Gasteiger partial charge is 0.478 e. The number of carbonyl (C=O) groups is 4. The van der Waals surface area contributed by atoms with E-state index in [4.69, 9.17) is 10.2 Å². The van der Waals surface area contributed by atoms with Gasteiger partial charge in [-0.05, 0) is 53.9 Å². The molecule has 0 saturated carbocycles. The van der Waals surface area contributed by atoms with Crippen molar-refractivity contribution >= 4 is 23.9 Å². The van der Waals surface area contributed by atoms with Crippen LogP contribution in [0.3, 0.4) is 0 Å². The number of benzene rings is 2. The number of hydrogen-bond donors (Lipinski definition) is 4. The predicted molar refractivity (Wildman–Crippen MR) is 83.5 cm³/mol. The molecule has 128 valence electrons. The van der Waals surface area contributed by atoms with Gasteiger partial charge in [0.25, 0.3) is 0 Å². The fourth-order valence-electron chi connectivity index (χ4n) is 2.37. The number of carboxylic acid groups (broad SMARTS) is 4. The number of carboxylic acids is 4. The highest BCUT2D eigenvalue weighted by atomic mass is 16.4. The molecular weight excluding hydrogens is 332 g/mol. The average molecular weight is 344 g/mol. The molecule has 2 rings (SSSR count). The van der Waals surface area contributed by atoms with E-state index in [-0.39, 0.29) is 39.8 Å². The van der Waals surface area contributed by atoms with E-state index in [0.717, 1.165) is 36.4 Å². The smallest absolute Gasteiger partial charge is 0.335 e. The molecule has 0 spiro atoms. The standard InChI is InChI=1S/C17H12O8/c18-14(19)8-1-3-12(16(22)23)10(5-8)7-11-6-9(15(20)21)2-4-13(11)17(24)25/h1-6H,7H2,(H,18,19)(H,20,21)(H,22,23)(H,24,25). The highest BCUT2D eigenvalue weighted by Crippen LogP contribution is 2.21. The van der Waals surface area contributed by atoms with Crippen LogP contribution >= 0.6 is 0 Å².